The third kappa shape index (κ3) is 9.71. The zero-order valence-electron chi connectivity index (χ0n) is 30.9. The van der Waals surface area contributed by atoms with Crippen molar-refractivity contribution in [2.45, 2.75) is 174 Å². The van der Waals surface area contributed by atoms with Gasteiger partial charge in [0.25, 0.3) is 0 Å². The third-order valence-electron chi connectivity index (χ3n) is 10.6. The standard InChI is InChI=1S/C32H55NO24/c1-7-14(38)19(43)21(45)30(49-7)56-26-23(47)28(48)51-12(6-36)24(26)54-32-27(57-31-22(46)20(44)15(39)8(2)50-31)25(17(41)11(5-35)53-32)55-29-13(33-9(3)37)18(42)16(40)10(4-34)52-29/h7-8,10-32,34-36,38-48H,4-6H2,1-3H3,(H,33,37). The number of aliphatic hydroxyl groups excluding tert-OH is 14. The van der Waals surface area contributed by atoms with E-state index in [2.05, 4.69) is 5.32 Å². The van der Waals surface area contributed by atoms with E-state index in [1.165, 1.54) is 13.8 Å². The molecule has 5 saturated heterocycles. The SMILES string of the molecule is CC(=O)NC1C(OC2C(O)C(CO)OC(OC3C(CO)OC(O)C(O)C3OC3OC(C)C(O)C(O)C3O)C2OC2OC(C)C(O)C(O)C2O)OC(CO)C(O)C1O. The van der Waals surface area contributed by atoms with Gasteiger partial charge in [0.15, 0.2) is 31.5 Å². The van der Waals surface area contributed by atoms with Crippen LogP contribution in [0.5, 0.6) is 0 Å². The average Bonchev–Trinajstić information content (AvgIpc) is 3.18. The molecule has 0 spiro atoms. The number of rotatable bonds is 12. The molecule has 25 atom stereocenters. The molecule has 5 heterocycles. The van der Waals surface area contributed by atoms with Crippen LogP contribution in [0.4, 0.5) is 0 Å². The lowest BCUT2D eigenvalue weighted by molar-refractivity contribution is -0.408. The normalized spacial score (nSPS) is 52.3. The fourth-order valence-electron chi connectivity index (χ4n) is 7.28. The molecule has 5 fully saturated rings. The van der Waals surface area contributed by atoms with Crippen LogP contribution in [0.3, 0.4) is 0 Å². The van der Waals surface area contributed by atoms with Crippen LogP contribution in [0.25, 0.3) is 0 Å². The summed E-state index contributed by atoms with van der Waals surface area (Å²) >= 11 is 0. The van der Waals surface area contributed by atoms with Crippen molar-refractivity contribution < 1.29 is 119 Å². The van der Waals surface area contributed by atoms with Crippen molar-refractivity contribution in [2.75, 3.05) is 19.8 Å². The minimum absolute atomic E-state index is 0.747. The summed E-state index contributed by atoms with van der Waals surface area (Å²) in [5.74, 6) is -0.747. The topological polar surface area (TPSA) is 395 Å². The van der Waals surface area contributed by atoms with Crippen LogP contribution in [-0.2, 0) is 47.4 Å². The van der Waals surface area contributed by atoms with E-state index in [1.807, 2.05) is 0 Å². The lowest BCUT2D eigenvalue weighted by Gasteiger charge is -2.51. The third-order valence-corrected chi connectivity index (χ3v) is 10.6. The van der Waals surface area contributed by atoms with Crippen molar-refractivity contribution in [3.8, 4) is 0 Å². The molecule has 0 saturated carbocycles. The highest BCUT2D eigenvalue weighted by molar-refractivity contribution is 5.73. The first-order valence-corrected chi connectivity index (χ1v) is 18.3. The summed E-state index contributed by atoms with van der Waals surface area (Å²) in [5.41, 5.74) is 0. The molecular formula is C32H55NO24. The van der Waals surface area contributed by atoms with Crippen molar-refractivity contribution >= 4 is 5.91 Å². The quantitative estimate of drug-likeness (QED) is 0.0867. The number of carbonyl (C=O) groups excluding carboxylic acids is 1. The molecule has 5 aliphatic heterocycles. The van der Waals surface area contributed by atoms with Gasteiger partial charge in [-0.05, 0) is 13.8 Å². The highest BCUT2D eigenvalue weighted by Gasteiger charge is 2.57. The van der Waals surface area contributed by atoms with Gasteiger partial charge in [-0.3, -0.25) is 4.79 Å². The van der Waals surface area contributed by atoms with Gasteiger partial charge in [0.05, 0.1) is 32.0 Å². The van der Waals surface area contributed by atoms with Crippen LogP contribution >= 0.6 is 0 Å². The van der Waals surface area contributed by atoms with E-state index >= 15 is 0 Å². The second kappa shape index (κ2) is 19.5. The van der Waals surface area contributed by atoms with E-state index < -0.39 is 179 Å². The number of amides is 1. The number of hydrogen-bond donors (Lipinski definition) is 15. The van der Waals surface area contributed by atoms with Crippen LogP contribution < -0.4 is 5.32 Å². The Bertz CT molecular complexity index is 1290. The molecular weight excluding hydrogens is 782 g/mol. The van der Waals surface area contributed by atoms with E-state index in [0.717, 1.165) is 6.92 Å². The fraction of sp³-hybridized carbons (Fsp3) is 0.969. The Morgan fingerprint density at radius 1 is 0.456 bits per heavy atom. The highest BCUT2D eigenvalue weighted by atomic mass is 16.8. The summed E-state index contributed by atoms with van der Waals surface area (Å²) in [6.45, 7) is 0.896. The Kier molecular flexibility index (Phi) is 16.0. The molecule has 0 radical (unpaired) electrons. The number of nitrogens with one attached hydrogen (secondary N) is 1. The van der Waals surface area contributed by atoms with Crippen molar-refractivity contribution in [3.05, 3.63) is 0 Å². The number of ether oxygens (including phenoxy) is 9. The maximum Gasteiger partial charge on any atom is 0.217 e. The molecule has 0 bridgehead atoms. The Morgan fingerprint density at radius 2 is 0.895 bits per heavy atom. The Balaban J connectivity index is 1.54. The predicted molar refractivity (Wildman–Crippen MR) is 175 cm³/mol. The smallest absolute Gasteiger partial charge is 0.217 e. The molecule has 0 aromatic heterocycles. The summed E-state index contributed by atoms with van der Waals surface area (Å²) in [6.07, 6.45) is -42.9. The molecule has 25 unspecified atom stereocenters. The Labute approximate surface area is 324 Å². The second-order valence-electron chi connectivity index (χ2n) is 14.7. The van der Waals surface area contributed by atoms with Crippen LogP contribution in [0.1, 0.15) is 20.8 Å². The molecule has 0 aromatic carbocycles. The molecule has 0 aromatic rings. The fourth-order valence-corrected chi connectivity index (χ4v) is 7.28. The van der Waals surface area contributed by atoms with Gasteiger partial charge >= 0.3 is 0 Å². The van der Waals surface area contributed by atoms with Gasteiger partial charge in [0.1, 0.15) is 110 Å². The van der Waals surface area contributed by atoms with E-state index in [1.54, 1.807) is 0 Å². The van der Waals surface area contributed by atoms with Crippen molar-refractivity contribution in [1.29, 1.82) is 0 Å². The molecule has 332 valence electrons. The van der Waals surface area contributed by atoms with Gasteiger partial charge in [-0.1, -0.05) is 0 Å². The van der Waals surface area contributed by atoms with Crippen molar-refractivity contribution in [3.63, 3.8) is 0 Å². The van der Waals surface area contributed by atoms with E-state index in [0.29, 0.717) is 0 Å². The molecule has 25 nitrogen and oxygen atoms in total. The summed E-state index contributed by atoms with van der Waals surface area (Å²) in [5, 5.41) is 151. The zero-order chi connectivity index (χ0) is 42.2. The first-order chi connectivity index (χ1) is 26.8. The molecule has 25 heteroatoms. The van der Waals surface area contributed by atoms with Crippen LogP contribution in [0.2, 0.25) is 0 Å². The first kappa shape index (κ1) is 46.6. The van der Waals surface area contributed by atoms with Crippen LogP contribution in [-0.4, -0.2) is 251 Å². The van der Waals surface area contributed by atoms with Crippen molar-refractivity contribution in [1.82, 2.24) is 5.32 Å². The van der Waals surface area contributed by atoms with Crippen LogP contribution in [0, 0.1) is 0 Å². The number of carbonyl (C=O) groups is 1. The van der Waals surface area contributed by atoms with E-state index in [-0.39, 0.29) is 0 Å². The Morgan fingerprint density at radius 3 is 1.40 bits per heavy atom. The maximum atomic E-state index is 12.2. The summed E-state index contributed by atoms with van der Waals surface area (Å²) in [7, 11) is 0. The van der Waals surface area contributed by atoms with Gasteiger partial charge in [0, 0.05) is 6.92 Å². The number of hydrogen-bond acceptors (Lipinski definition) is 24. The molecule has 0 aliphatic carbocycles. The van der Waals surface area contributed by atoms with Gasteiger partial charge < -0.3 is 119 Å². The minimum Gasteiger partial charge on any atom is -0.394 e. The number of aliphatic hydroxyl groups is 14. The molecule has 15 N–H and O–H groups in total. The molecule has 5 aliphatic rings. The lowest BCUT2D eigenvalue weighted by atomic mass is 9.94. The van der Waals surface area contributed by atoms with Gasteiger partial charge in [0.2, 0.25) is 5.91 Å². The largest absolute Gasteiger partial charge is 0.394 e. The van der Waals surface area contributed by atoms with Gasteiger partial charge in [-0.2, -0.15) is 0 Å². The summed E-state index contributed by atoms with van der Waals surface area (Å²) < 4.78 is 52.1. The molecule has 5 rings (SSSR count). The van der Waals surface area contributed by atoms with Crippen LogP contribution in [0.15, 0.2) is 0 Å². The first-order valence-electron chi connectivity index (χ1n) is 18.3. The monoisotopic (exact) mass is 837 g/mol. The second-order valence-corrected chi connectivity index (χ2v) is 14.7. The maximum absolute atomic E-state index is 12.2. The van der Waals surface area contributed by atoms with Crippen molar-refractivity contribution in [2.24, 2.45) is 0 Å². The van der Waals surface area contributed by atoms with E-state index in [4.69, 9.17) is 42.6 Å². The lowest BCUT2D eigenvalue weighted by Crippen LogP contribution is -2.70. The zero-order valence-corrected chi connectivity index (χ0v) is 30.9. The minimum atomic E-state index is -2.07. The summed E-state index contributed by atoms with van der Waals surface area (Å²) in [4.78, 5) is 12.2. The van der Waals surface area contributed by atoms with Gasteiger partial charge in [-0.15, -0.1) is 0 Å². The highest BCUT2D eigenvalue weighted by Crippen LogP contribution is 2.37. The summed E-state index contributed by atoms with van der Waals surface area (Å²) in [6, 6.07) is -1.60. The van der Waals surface area contributed by atoms with E-state index in [9.17, 15) is 76.3 Å². The molecule has 57 heavy (non-hydrogen) atoms. The predicted octanol–water partition coefficient (Wildman–Crippen LogP) is -9.73. The molecule has 1 amide bonds. The average molecular weight is 838 g/mol. The Hall–Kier alpha value is -1.45. The van der Waals surface area contributed by atoms with Gasteiger partial charge in [-0.25, -0.2) is 0 Å².